The highest BCUT2D eigenvalue weighted by Crippen LogP contribution is 2.04. The van der Waals surface area contributed by atoms with Crippen LogP contribution in [0.4, 0.5) is 0 Å². The molecule has 0 heterocycles. The first kappa shape index (κ1) is 14.9. The van der Waals surface area contributed by atoms with Crippen LogP contribution in [0, 0.1) is 0 Å². The summed E-state index contributed by atoms with van der Waals surface area (Å²) >= 11 is 0. The van der Waals surface area contributed by atoms with Gasteiger partial charge in [-0.15, -0.1) is 0 Å². The van der Waals surface area contributed by atoms with Crippen LogP contribution in [0.5, 0.6) is 0 Å². The quantitative estimate of drug-likeness (QED) is 0.603. The van der Waals surface area contributed by atoms with Crippen LogP contribution >= 0.6 is 0 Å². The smallest absolute Gasteiger partial charge is 0.154 e. The van der Waals surface area contributed by atoms with E-state index < -0.39 is 9.84 Å². The fourth-order valence-corrected chi connectivity index (χ4v) is 2.48. The molecule has 0 aromatic carbocycles. The van der Waals surface area contributed by atoms with Gasteiger partial charge in [-0.25, -0.2) is 8.42 Å². The van der Waals surface area contributed by atoms with E-state index in [4.69, 9.17) is 4.74 Å². The molecule has 1 unspecified atom stereocenters. The lowest BCUT2D eigenvalue weighted by molar-refractivity contribution is 0.194. The minimum atomic E-state index is -2.90. The van der Waals surface area contributed by atoms with Crippen LogP contribution in [-0.4, -0.2) is 46.2 Å². The summed E-state index contributed by atoms with van der Waals surface area (Å²) in [7, 11) is -1.24. The molecule has 0 bridgehead atoms. The van der Waals surface area contributed by atoms with Gasteiger partial charge in [0, 0.05) is 20.3 Å². The van der Waals surface area contributed by atoms with Gasteiger partial charge in [0.05, 0.1) is 11.0 Å². The molecule has 0 spiro atoms. The molecule has 0 aromatic heterocycles. The van der Waals surface area contributed by atoms with Gasteiger partial charge >= 0.3 is 0 Å². The number of ether oxygens (including phenoxy) is 1. The lowest BCUT2D eigenvalue weighted by atomic mass is 10.4. The Morgan fingerprint density at radius 3 is 2.53 bits per heavy atom. The van der Waals surface area contributed by atoms with Gasteiger partial charge in [0.25, 0.3) is 0 Å². The van der Waals surface area contributed by atoms with E-state index >= 15 is 0 Å². The number of methoxy groups -OCH3 is 1. The number of hydrogen-bond acceptors (Lipinski definition) is 4. The molecular weight excluding hydrogens is 214 g/mol. The average Bonchev–Trinajstić information content (AvgIpc) is 2.22. The van der Waals surface area contributed by atoms with Gasteiger partial charge in [0.2, 0.25) is 0 Å². The van der Waals surface area contributed by atoms with Crippen LogP contribution in [0.25, 0.3) is 0 Å². The molecule has 0 saturated heterocycles. The van der Waals surface area contributed by atoms with Crippen LogP contribution in [-0.2, 0) is 14.6 Å². The zero-order valence-electron chi connectivity index (χ0n) is 9.95. The summed E-state index contributed by atoms with van der Waals surface area (Å²) in [5.74, 6) is 0.231. The maximum absolute atomic E-state index is 11.6. The van der Waals surface area contributed by atoms with Crippen molar-refractivity contribution in [3.8, 4) is 0 Å². The van der Waals surface area contributed by atoms with E-state index in [1.165, 1.54) is 0 Å². The summed E-state index contributed by atoms with van der Waals surface area (Å²) in [6.45, 7) is 5.72. The average molecular weight is 237 g/mol. The zero-order chi connectivity index (χ0) is 11.7. The van der Waals surface area contributed by atoms with Gasteiger partial charge < -0.3 is 10.1 Å². The van der Waals surface area contributed by atoms with Crippen molar-refractivity contribution in [2.24, 2.45) is 0 Å². The fourth-order valence-electron chi connectivity index (χ4n) is 1.14. The molecule has 1 N–H and O–H groups in total. The van der Waals surface area contributed by atoms with Crippen molar-refractivity contribution in [3.63, 3.8) is 0 Å². The van der Waals surface area contributed by atoms with E-state index in [0.29, 0.717) is 19.6 Å². The summed E-state index contributed by atoms with van der Waals surface area (Å²) in [4.78, 5) is 0. The van der Waals surface area contributed by atoms with Gasteiger partial charge in [-0.3, -0.25) is 0 Å². The molecule has 0 rings (SSSR count). The Labute approximate surface area is 93.3 Å². The summed E-state index contributed by atoms with van der Waals surface area (Å²) in [5, 5.41) is 2.87. The molecule has 0 aliphatic rings. The highest BCUT2D eigenvalue weighted by atomic mass is 32.2. The molecule has 0 saturated carbocycles. The van der Waals surface area contributed by atoms with Crippen molar-refractivity contribution in [2.45, 2.75) is 31.9 Å². The third-order valence-corrected chi connectivity index (χ3v) is 4.79. The largest absolute Gasteiger partial charge is 0.385 e. The second-order valence-corrected chi connectivity index (χ2v) is 6.22. The van der Waals surface area contributed by atoms with Crippen molar-refractivity contribution in [1.82, 2.24) is 5.32 Å². The first-order valence-electron chi connectivity index (χ1n) is 5.45. The number of hydrogen-bond donors (Lipinski definition) is 1. The van der Waals surface area contributed by atoms with E-state index in [2.05, 4.69) is 5.32 Å². The minimum Gasteiger partial charge on any atom is -0.385 e. The fraction of sp³-hybridized carbons (Fsp3) is 1.00. The van der Waals surface area contributed by atoms with Gasteiger partial charge in [0.15, 0.2) is 9.84 Å². The van der Waals surface area contributed by atoms with Gasteiger partial charge in [-0.1, -0.05) is 6.92 Å². The van der Waals surface area contributed by atoms with E-state index in [-0.39, 0.29) is 11.0 Å². The third-order valence-electron chi connectivity index (χ3n) is 2.45. The van der Waals surface area contributed by atoms with Crippen molar-refractivity contribution in [2.75, 3.05) is 32.6 Å². The Bertz CT molecular complexity index is 239. The maximum Gasteiger partial charge on any atom is 0.154 e. The highest BCUT2D eigenvalue weighted by molar-refractivity contribution is 7.92. The maximum atomic E-state index is 11.6. The molecule has 0 aromatic rings. The normalized spacial score (nSPS) is 14.1. The molecule has 15 heavy (non-hydrogen) atoms. The number of sulfone groups is 1. The lowest BCUT2D eigenvalue weighted by Crippen LogP contribution is -2.29. The highest BCUT2D eigenvalue weighted by Gasteiger charge is 2.17. The van der Waals surface area contributed by atoms with Crippen molar-refractivity contribution in [3.05, 3.63) is 0 Å². The molecule has 0 aliphatic heterocycles. The van der Waals surface area contributed by atoms with Gasteiger partial charge in [-0.2, -0.15) is 0 Å². The number of rotatable bonds is 9. The SMILES string of the molecule is CCC(C)S(=O)(=O)CCNCCCOC. The first-order valence-corrected chi connectivity index (χ1v) is 7.17. The summed E-state index contributed by atoms with van der Waals surface area (Å²) < 4.78 is 28.1. The first-order chi connectivity index (χ1) is 7.04. The molecule has 0 amide bonds. The Morgan fingerprint density at radius 1 is 1.33 bits per heavy atom. The molecule has 92 valence electrons. The van der Waals surface area contributed by atoms with E-state index in [0.717, 1.165) is 13.0 Å². The molecular formula is C10H23NO3S. The molecule has 4 nitrogen and oxygen atoms in total. The standard InChI is InChI=1S/C10H23NO3S/c1-4-10(2)15(12,13)9-7-11-6-5-8-14-3/h10-11H,4-9H2,1-3H3. The molecule has 5 heteroatoms. The van der Waals surface area contributed by atoms with Crippen LogP contribution in [0.15, 0.2) is 0 Å². The van der Waals surface area contributed by atoms with Crippen LogP contribution < -0.4 is 5.32 Å². The van der Waals surface area contributed by atoms with Crippen molar-refractivity contribution in [1.29, 1.82) is 0 Å². The Hall–Kier alpha value is -0.130. The van der Waals surface area contributed by atoms with E-state index in [1.54, 1.807) is 14.0 Å². The molecule has 0 radical (unpaired) electrons. The molecule has 0 fully saturated rings. The molecule has 1 atom stereocenters. The van der Waals surface area contributed by atoms with E-state index in [9.17, 15) is 8.42 Å². The Kier molecular flexibility index (Phi) is 8.00. The predicted octanol–water partition coefficient (Wildman–Crippen LogP) is 0.826. The lowest BCUT2D eigenvalue weighted by Gasteiger charge is -2.10. The summed E-state index contributed by atoms with van der Waals surface area (Å²) in [5.41, 5.74) is 0. The summed E-state index contributed by atoms with van der Waals surface area (Å²) in [6, 6.07) is 0. The molecule has 0 aliphatic carbocycles. The van der Waals surface area contributed by atoms with Gasteiger partial charge in [0.1, 0.15) is 0 Å². The topological polar surface area (TPSA) is 55.4 Å². The van der Waals surface area contributed by atoms with Gasteiger partial charge in [-0.05, 0) is 26.3 Å². The summed E-state index contributed by atoms with van der Waals surface area (Å²) in [6.07, 6.45) is 1.60. The van der Waals surface area contributed by atoms with Crippen LogP contribution in [0.3, 0.4) is 0 Å². The predicted molar refractivity (Wildman–Crippen MR) is 62.9 cm³/mol. The number of nitrogens with one attached hydrogen (secondary N) is 1. The van der Waals surface area contributed by atoms with Crippen LogP contribution in [0.2, 0.25) is 0 Å². The second-order valence-electron chi connectivity index (χ2n) is 3.68. The zero-order valence-corrected chi connectivity index (χ0v) is 10.8. The van der Waals surface area contributed by atoms with Crippen molar-refractivity contribution < 1.29 is 13.2 Å². The van der Waals surface area contributed by atoms with E-state index in [1.807, 2.05) is 6.92 Å². The van der Waals surface area contributed by atoms with Crippen molar-refractivity contribution >= 4 is 9.84 Å². The van der Waals surface area contributed by atoms with Crippen LogP contribution in [0.1, 0.15) is 26.7 Å². The Balaban J connectivity index is 3.58. The monoisotopic (exact) mass is 237 g/mol. The Morgan fingerprint density at radius 2 is 2.00 bits per heavy atom. The third kappa shape index (κ3) is 6.87. The minimum absolute atomic E-state index is 0.224. The second kappa shape index (κ2) is 8.07.